The number of hydrogen-bond donors (Lipinski definition) is 0. The first-order valence-electron chi connectivity index (χ1n) is 17.0. The molecule has 9 nitrogen and oxygen atoms in total. The van der Waals surface area contributed by atoms with E-state index in [2.05, 4.69) is 11.9 Å². The van der Waals surface area contributed by atoms with Crippen molar-refractivity contribution in [3.8, 4) is 0 Å². The minimum Gasteiger partial charge on any atom is -0.756 e. The number of aromatic amines is 1. The number of hydrogen-bond acceptors (Lipinski definition) is 8. The Balaban J connectivity index is 1.31. The molecule has 2 amide bonds. The fraction of sp³-hybridized carbons (Fsp3) is 0.676. The first-order chi connectivity index (χ1) is 21.9. The van der Waals surface area contributed by atoms with E-state index in [1.807, 2.05) is 5.38 Å². The molecule has 2 aromatic rings. The number of imide groups is 1. The Morgan fingerprint density at radius 2 is 1.31 bits per heavy atom. The molecule has 0 bridgehead atoms. The SMILES string of the molecule is CCCCCCCCCCCCCCCCCCOCC(COP(=O)([O-])OCCc1[nH+]ccs1)N1C(=O)c2ccccc2C1=O. The molecule has 0 fully saturated rings. The Kier molecular flexibility index (Phi) is 18.2. The van der Waals surface area contributed by atoms with E-state index in [0.717, 1.165) is 29.2 Å². The highest BCUT2D eigenvalue weighted by Gasteiger charge is 2.40. The molecule has 0 spiro atoms. The molecule has 0 saturated carbocycles. The van der Waals surface area contributed by atoms with Crippen molar-refractivity contribution in [2.45, 2.75) is 122 Å². The summed E-state index contributed by atoms with van der Waals surface area (Å²) in [6, 6.07) is 5.66. The van der Waals surface area contributed by atoms with Gasteiger partial charge in [-0.25, -0.2) is 4.98 Å². The molecule has 11 heteroatoms. The number of thiazole rings is 1. The number of phosphoric ester groups is 1. The van der Waals surface area contributed by atoms with Crippen molar-refractivity contribution in [1.29, 1.82) is 0 Å². The second-order valence-corrected chi connectivity index (χ2v) is 14.3. The number of unbranched alkanes of at least 4 members (excludes halogenated alkanes) is 15. The minimum atomic E-state index is -4.66. The van der Waals surface area contributed by atoms with Gasteiger partial charge in [-0.15, -0.1) is 0 Å². The van der Waals surface area contributed by atoms with Crippen molar-refractivity contribution < 1.29 is 37.8 Å². The van der Waals surface area contributed by atoms with Crippen LogP contribution in [0, 0.1) is 0 Å². The largest absolute Gasteiger partial charge is 0.756 e. The van der Waals surface area contributed by atoms with E-state index in [-0.39, 0.29) is 13.2 Å². The summed E-state index contributed by atoms with van der Waals surface area (Å²) < 4.78 is 28.5. The van der Waals surface area contributed by atoms with Gasteiger partial charge in [-0.1, -0.05) is 127 Å². The summed E-state index contributed by atoms with van der Waals surface area (Å²) in [7, 11) is -4.66. The molecule has 45 heavy (non-hydrogen) atoms. The number of fused-ring (bicyclic) bond motifs is 1. The Labute approximate surface area is 273 Å². The summed E-state index contributed by atoms with van der Waals surface area (Å²) in [6.45, 7) is 2.19. The van der Waals surface area contributed by atoms with Crippen molar-refractivity contribution in [3.63, 3.8) is 0 Å². The van der Waals surface area contributed by atoms with E-state index in [1.54, 1.807) is 30.5 Å². The van der Waals surface area contributed by atoms with Crippen LogP contribution in [0.3, 0.4) is 0 Å². The number of amides is 2. The monoisotopic (exact) mass is 664 g/mol. The van der Waals surface area contributed by atoms with E-state index in [1.165, 1.54) is 94.8 Å². The third-order valence-electron chi connectivity index (χ3n) is 8.17. The predicted molar refractivity (Wildman–Crippen MR) is 175 cm³/mol. The lowest BCUT2D eigenvalue weighted by molar-refractivity contribution is -0.382. The molecule has 0 saturated heterocycles. The van der Waals surface area contributed by atoms with Crippen LogP contribution in [0.2, 0.25) is 0 Å². The van der Waals surface area contributed by atoms with E-state index >= 15 is 0 Å². The molecule has 1 aliphatic rings. The first-order valence-corrected chi connectivity index (χ1v) is 19.4. The number of nitrogens with zero attached hydrogens (tertiary/aromatic N) is 1. The number of ether oxygens (including phenoxy) is 1. The van der Waals surface area contributed by atoms with Crippen molar-refractivity contribution in [2.75, 3.05) is 26.4 Å². The maximum Gasteiger partial charge on any atom is 0.267 e. The molecule has 1 N–H and O–H groups in total. The summed E-state index contributed by atoms with van der Waals surface area (Å²) in [5.41, 5.74) is 0.582. The van der Waals surface area contributed by atoms with Crippen LogP contribution >= 0.6 is 19.2 Å². The zero-order valence-corrected chi connectivity index (χ0v) is 28.8. The zero-order chi connectivity index (χ0) is 32.2. The van der Waals surface area contributed by atoms with Crippen LogP contribution in [0.1, 0.15) is 135 Å². The van der Waals surface area contributed by atoms with E-state index in [9.17, 15) is 19.0 Å². The van der Waals surface area contributed by atoms with Gasteiger partial charge in [0.15, 0.2) is 6.20 Å². The Morgan fingerprint density at radius 1 is 0.778 bits per heavy atom. The maximum atomic E-state index is 13.1. The first kappa shape index (κ1) is 37.5. The van der Waals surface area contributed by atoms with Crippen LogP contribution in [-0.4, -0.2) is 49.2 Å². The van der Waals surface area contributed by atoms with Crippen molar-refractivity contribution >= 4 is 31.0 Å². The van der Waals surface area contributed by atoms with E-state index < -0.39 is 32.3 Å². The van der Waals surface area contributed by atoms with Gasteiger partial charge in [-0.2, -0.15) is 0 Å². The quantitative estimate of drug-likeness (QED) is 0.0550. The third kappa shape index (κ3) is 14.2. The summed E-state index contributed by atoms with van der Waals surface area (Å²) in [4.78, 5) is 42.7. The molecule has 3 rings (SSSR count). The van der Waals surface area contributed by atoms with Gasteiger partial charge in [0.2, 0.25) is 5.01 Å². The van der Waals surface area contributed by atoms with Gasteiger partial charge in [0.25, 0.3) is 19.6 Å². The van der Waals surface area contributed by atoms with Gasteiger partial charge in [0, 0.05) is 6.61 Å². The molecule has 2 heterocycles. The highest BCUT2D eigenvalue weighted by Crippen LogP contribution is 2.39. The van der Waals surface area contributed by atoms with Crippen LogP contribution in [-0.2, 0) is 24.8 Å². The highest BCUT2D eigenvalue weighted by molar-refractivity contribution is 7.45. The molecule has 0 aliphatic carbocycles. The van der Waals surface area contributed by atoms with Crippen molar-refractivity contribution in [1.82, 2.24) is 4.90 Å². The normalized spacial score (nSPS) is 15.0. The third-order valence-corrected chi connectivity index (χ3v) is 10.0. The maximum absolute atomic E-state index is 13.1. The average molecular weight is 665 g/mol. The molecule has 252 valence electrons. The lowest BCUT2D eigenvalue weighted by atomic mass is 10.0. The topological polar surface area (TPSA) is 119 Å². The number of H-pyrrole nitrogens is 1. The van der Waals surface area contributed by atoms with E-state index in [4.69, 9.17) is 13.8 Å². The minimum absolute atomic E-state index is 0.0195. The Hall–Kier alpha value is -1.94. The molecule has 1 aromatic heterocycles. The van der Waals surface area contributed by atoms with Gasteiger partial charge >= 0.3 is 0 Å². The van der Waals surface area contributed by atoms with Crippen molar-refractivity contribution in [3.05, 3.63) is 52.0 Å². The van der Waals surface area contributed by atoms with Gasteiger partial charge in [-0.05, 0) is 18.6 Å². The van der Waals surface area contributed by atoms with Crippen LogP contribution in [0.5, 0.6) is 0 Å². The fourth-order valence-electron chi connectivity index (χ4n) is 5.58. The molecular weight excluding hydrogens is 611 g/mol. The second-order valence-electron chi connectivity index (χ2n) is 11.9. The van der Waals surface area contributed by atoms with E-state index in [0.29, 0.717) is 24.2 Å². The second kappa shape index (κ2) is 21.8. The van der Waals surface area contributed by atoms with Gasteiger partial charge in [-0.3, -0.25) is 19.1 Å². The molecule has 0 radical (unpaired) electrons. The number of nitrogens with one attached hydrogen (secondary N) is 1. The summed E-state index contributed by atoms with van der Waals surface area (Å²) >= 11 is 1.46. The number of carbonyl (C=O) groups is 2. The van der Waals surface area contributed by atoms with Crippen LogP contribution in [0.4, 0.5) is 0 Å². The summed E-state index contributed by atoms with van der Waals surface area (Å²) in [6.07, 6.45) is 22.7. The molecule has 1 aliphatic heterocycles. The number of carbonyl (C=O) groups excluding carboxylic acids is 2. The standard InChI is InChI=1S/C34H53N2O7PS/c1-2-3-4-5-6-7-8-9-10-11-12-13-14-15-16-19-24-41-27-29(36-33(37)30-20-17-18-21-31(30)34(36)38)28-43-44(39,40)42-25-22-32-35-23-26-45-32/h17-18,20-21,23,26,29H,2-16,19,22,24-25,27-28H2,1H3,(H,39,40). The molecular formula is C34H53N2O7PS. The van der Waals surface area contributed by atoms with Gasteiger partial charge in [0.05, 0.1) is 48.8 Å². The van der Waals surface area contributed by atoms with Crippen LogP contribution in [0.15, 0.2) is 35.8 Å². The molecule has 2 atom stereocenters. The number of aromatic nitrogens is 1. The summed E-state index contributed by atoms with van der Waals surface area (Å²) in [5.74, 6) is -0.963. The lowest BCUT2D eigenvalue weighted by Gasteiger charge is -2.29. The average Bonchev–Trinajstić information content (AvgIpc) is 3.64. The van der Waals surface area contributed by atoms with Crippen LogP contribution in [0.25, 0.3) is 0 Å². The molecule has 1 aromatic carbocycles. The smallest absolute Gasteiger partial charge is 0.267 e. The highest BCUT2D eigenvalue weighted by atomic mass is 32.1. The van der Waals surface area contributed by atoms with Crippen molar-refractivity contribution in [2.24, 2.45) is 0 Å². The molecule has 2 unspecified atom stereocenters. The van der Waals surface area contributed by atoms with Gasteiger partial charge < -0.3 is 18.7 Å². The Bertz CT molecular complexity index is 1130. The lowest BCUT2D eigenvalue weighted by Crippen LogP contribution is -2.45. The zero-order valence-electron chi connectivity index (χ0n) is 27.1. The number of rotatable bonds is 27. The predicted octanol–water partition coefficient (Wildman–Crippen LogP) is 7.55. The van der Waals surface area contributed by atoms with Crippen LogP contribution < -0.4 is 9.88 Å². The Morgan fingerprint density at radius 3 is 1.82 bits per heavy atom. The fourth-order valence-corrected chi connectivity index (χ4v) is 6.96. The number of benzene rings is 1. The summed E-state index contributed by atoms with van der Waals surface area (Å²) in [5, 5.41) is 2.73. The number of phosphoric acid groups is 1. The van der Waals surface area contributed by atoms with Gasteiger partial charge in [0.1, 0.15) is 0 Å².